The molecule has 29 heavy (non-hydrogen) atoms. The van der Waals surface area contributed by atoms with Gasteiger partial charge in [-0.2, -0.15) is 13.2 Å². The predicted molar refractivity (Wildman–Crippen MR) is 103 cm³/mol. The Morgan fingerprint density at radius 2 is 1.76 bits per heavy atom. The van der Waals surface area contributed by atoms with Crippen molar-refractivity contribution in [3.05, 3.63) is 29.8 Å². The van der Waals surface area contributed by atoms with E-state index in [1.807, 2.05) is 13.8 Å². The summed E-state index contributed by atoms with van der Waals surface area (Å²) < 4.78 is 38.4. The fourth-order valence-electron chi connectivity index (χ4n) is 3.91. The number of fused-ring (bicyclic) bond motifs is 1. The standard InChI is InChI=1S/C20H25F3N4O2/c1-4-6-11-19(5-2)16(28)25(3)18-24-12-26(13-27(18)17(19)29)15-9-7-14(8-10-15)20(21,22)23/h7-10H,4-6,11-13H2,1-3H3. The van der Waals surface area contributed by atoms with Gasteiger partial charge < -0.3 is 4.90 Å². The molecule has 2 aliphatic heterocycles. The third kappa shape index (κ3) is 3.58. The highest BCUT2D eigenvalue weighted by Crippen LogP contribution is 2.38. The Bertz CT molecular complexity index is 822. The molecule has 0 radical (unpaired) electrons. The monoisotopic (exact) mass is 410 g/mol. The van der Waals surface area contributed by atoms with Crippen LogP contribution in [0.3, 0.4) is 0 Å². The molecule has 6 nitrogen and oxygen atoms in total. The van der Waals surface area contributed by atoms with Crippen LogP contribution < -0.4 is 4.90 Å². The minimum Gasteiger partial charge on any atom is -0.334 e. The van der Waals surface area contributed by atoms with E-state index < -0.39 is 17.2 Å². The number of amides is 2. The molecule has 1 fully saturated rings. The van der Waals surface area contributed by atoms with Gasteiger partial charge in [0, 0.05) is 12.7 Å². The number of benzene rings is 1. The van der Waals surface area contributed by atoms with Gasteiger partial charge in [0.2, 0.25) is 17.8 Å². The Labute approximate surface area is 168 Å². The van der Waals surface area contributed by atoms with Crippen LogP contribution in [0.25, 0.3) is 0 Å². The van der Waals surface area contributed by atoms with Gasteiger partial charge in [0.25, 0.3) is 0 Å². The summed E-state index contributed by atoms with van der Waals surface area (Å²) in [6, 6.07) is 4.77. The van der Waals surface area contributed by atoms with Gasteiger partial charge in [0.15, 0.2) is 0 Å². The summed E-state index contributed by atoms with van der Waals surface area (Å²) in [5, 5.41) is 0. The zero-order chi connectivity index (χ0) is 21.4. The van der Waals surface area contributed by atoms with E-state index in [4.69, 9.17) is 0 Å². The first kappa shape index (κ1) is 21.1. The molecule has 9 heteroatoms. The topological polar surface area (TPSA) is 56.2 Å². The van der Waals surface area contributed by atoms with Gasteiger partial charge in [-0.25, -0.2) is 4.99 Å². The van der Waals surface area contributed by atoms with Crippen molar-refractivity contribution in [2.24, 2.45) is 10.4 Å². The van der Waals surface area contributed by atoms with Crippen LogP contribution in [0.1, 0.15) is 45.1 Å². The number of carbonyl (C=O) groups excluding carboxylic acids is 2. The van der Waals surface area contributed by atoms with E-state index in [9.17, 15) is 22.8 Å². The molecule has 2 aliphatic rings. The number of unbranched alkanes of at least 4 members (excludes halogenated alkanes) is 1. The number of hydrogen-bond acceptors (Lipinski definition) is 4. The summed E-state index contributed by atoms with van der Waals surface area (Å²) in [4.78, 5) is 35.4. The molecule has 3 rings (SSSR count). The second-order valence-electron chi connectivity index (χ2n) is 7.46. The van der Waals surface area contributed by atoms with Crippen molar-refractivity contribution in [2.45, 2.75) is 45.7 Å². The quantitative estimate of drug-likeness (QED) is 0.696. The molecule has 1 aromatic rings. The maximum absolute atomic E-state index is 13.4. The van der Waals surface area contributed by atoms with Crippen LogP contribution in [-0.4, -0.2) is 48.0 Å². The molecular weight excluding hydrogens is 385 g/mol. The smallest absolute Gasteiger partial charge is 0.334 e. The van der Waals surface area contributed by atoms with Crippen molar-refractivity contribution in [2.75, 3.05) is 25.3 Å². The van der Waals surface area contributed by atoms with Crippen LogP contribution in [0.5, 0.6) is 0 Å². The summed E-state index contributed by atoms with van der Waals surface area (Å²) in [7, 11) is 1.62. The molecule has 0 bridgehead atoms. The lowest BCUT2D eigenvalue weighted by molar-refractivity contribution is -0.157. The maximum Gasteiger partial charge on any atom is 0.416 e. The minimum absolute atomic E-state index is 0.133. The zero-order valence-electron chi connectivity index (χ0n) is 16.8. The number of carbonyl (C=O) groups is 2. The molecule has 158 valence electrons. The number of alkyl halides is 3. The van der Waals surface area contributed by atoms with E-state index in [1.54, 1.807) is 11.9 Å². The number of nitrogens with zero attached hydrogens (tertiary/aromatic N) is 4. The second kappa shape index (κ2) is 7.68. The second-order valence-corrected chi connectivity index (χ2v) is 7.46. The molecule has 1 unspecified atom stereocenters. The van der Waals surface area contributed by atoms with Crippen molar-refractivity contribution < 1.29 is 22.8 Å². The first-order valence-corrected chi connectivity index (χ1v) is 9.72. The van der Waals surface area contributed by atoms with Crippen LogP contribution in [0.2, 0.25) is 0 Å². The van der Waals surface area contributed by atoms with Crippen LogP contribution in [-0.2, 0) is 15.8 Å². The van der Waals surface area contributed by atoms with Crippen molar-refractivity contribution in [3.63, 3.8) is 0 Å². The van der Waals surface area contributed by atoms with Gasteiger partial charge in [-0.15, -0.1) is 0 Å². The van der Waals surface area contributed by atoms with Gasteiger partial charge in [-0.3, -0.25) is 19.4 Å². The molecule has 2 heterocycles. The van der Waals surface area contributed by atoms with Crippen LogP contribution in [0, 0.1) is 5.41 Å². The van der Waals surface area contributed by atoms with Crippen molar-refractivity contribution in [3.8, 4) is 0 Å². The average Bonchev–Trinajstić information content (AvgIpc) is 2.72. The Morgan fingerprint density at radius 3 is 2.31 bits per heavy atom. The average molecular weight is 410 g/mol. The third-order valence-corrected chi connectivity index (χ3v) is 5.73. The molecule has 0 N–H and O–H groups in total. The highest BCUT2D eigenvalue weighted by Gasteiger charge is 2.54. The normalized spacial score (nSPS) is 22.7. The van der Waals surface area contributed by atoms with Crippen LogP contribution in [0.4, 0.5) is 18.9 Å². The van der Waals surface area contributed by atoms with E-state index in [-0.39, 0.29) is 25.2 Å². The minimum atomic E-state index is -4.41. The summed E-state index contributed by atoms with van der Waals surface area (Å²) in [6.07, 6.45) is -1.93. The first-order valence-electron chi connectivity index (χ1n) is 9.72. The lowest BCUT2D eigenvalue weighted by atomic mass is 9.76. The van der Waals surface area contributed by atoms with Crippen molar-refractivity contribution >= 4 is 23.5 Å². The van der Waals surface area contributed by atoms with Crippen molar-refractivity contribution in [1.29, 1.82) is 0 Å². The molecule has 0 aromatic heterocycles. The van der Waals surface area contributed by atoms with E-state index >= 15 is 0 Å². The molecule has 0 aliphatic carbocycles. The molecule has 1 saturated heterocycles. The molecule has 2 amide bonds. The number of hydrogen-bond donors (Lipinski definition) is 0. The fourth-order valence-corrected chi connectivity index (χ4v) is 3.91. The summed E-state index contributed by atoms with van der Waals surface area (Å²) >= 11 is 0. The number of anilines is 1. The van der Waals surface area contributed by atoms with Gasteiger partial charge in [-0.1, -0.05) is 26.7 Å². The number of rotatable bonds is 5. The van der Waals surface area contributed by atoms with Crippen LogP contribution in [0.15, 0.2) is 29.3 Å². The lowest BCUT2D eigenvalue weighted by Gasteiger charge is -2.48. The zero-order valence-corrected chi connectivity index (χ0v) is 16.8. The Morgan fingerprint density at radius 1 is 1.10 bits per heavy atom. The third-order valence-electron chi connectivity index (χ3n) is 5.73. The summed E-state index contributed by atoms with van der Waals surface area (Å²) in [5.41, 5.74) is -1.32. The SMILES string of the molecule is CCCCC1(CC)C(=O)N(C)C2=NCN(c3ccc(C(F)(F)F)cc3)CN2C1=O. The molecule has 1 atom stereocenters. The maximum atomic E-state index is 13.4. The largest absolute Gasteiger partial charge is 0.416 e. The highest BCUT2D eigenvalue weighted by atomic mass is 19.4. The molecule has 0 spiro atoms. The molecular formula is C20H25F3N4O2. The highest BCUT2D eigenvalue weighted by molar-refractivity contribution is 6.20. The van der Waals surface area contributed by atoms with Gasteiger partial charge in [-0.05, 0) is 37.1 Å². The van der Waals surface area contributed by atoms with Crippen LogP contribution >= 0.6 is 0 Å². The number of halogens is 3. The van der Waals surface area contributed by atoms with E-state index in [1.165, 1.54) is 21.9 Å². The first-order chi connectivity index (χ1) is 13.7. The van der Waals surface area contributed by atoms with Gasteiger partial charge in [0.05, 0.1) is 5.56 Å². The van der Waals surface area contributed by atoms with Gasteiger partial charge in [0.1, 0.15) is 18.8 Å². The van der Waals surface area contributed by atoms with E-state index in [2.05, 4.69) is 4.99 Å². The summed E-state index contributed by atoms with van der Waals surface area (Å²) in [5.74, 6) is -0.230. The van der Waals surface area contributed by atoms with E-state index in [0.717, 1.165) is 25.0 Å². The Balaban J connectivity index is 1.90. The number of aliphatic imine (C=N–C) groups is 1. The summed E-state index contributed by atoms with van der Waals surface area (Å²) in [6.45, 7) is 4.12. The predicted octanol–water partition coefficient (Wildman–Crippen LogP) is 3.68. The number of guanidine groups is 1. The molecule has 1 aromatic carbocycles. The van der Waals surface area contributed by atoms with Crippen molar-refractivity contribution in [1.82, 2.24) is 9.80 Å². The fraction of sp³-hybridized carbons (Fsp3) is 0.550. The Kier molecular flexibility index (Phi) is 5.60. The van der Waals surface area contributed by atoms with E-state index in [0.29, 0.717) is 24.5 Å². The molecule has 0 saturated carbocycles. The van der Waals surface area contributed by atoms with Gasteiger partial charge >= 0.3 is 6.18 Å². The lowest BCUT2D eigenvalue weighted by Crippen LogP contribution is -2.67. The Hall–Kier alpha value is -2.58.